The molecule has 0 amide bonds. The molecule has 2 aliphatic rings. The Hall–Kier alpha value is -9.44. The van der Waals surface area contributed by atoms with Crippen molar-refractivity contribution in [2.75, 3.05) is 0 Å². The molecule has 0 spiro atoms. The van der Waals surface area contributed by atoms with Gasteiger partial charge in [-0.25, -0.2) is 0 Å². The Morgan fingerprint density at radius 3 is 1.36 bits per heavy atom. The van der Waals surface area contributed by atoms with Gasteiger partial charge < -0.3 is 13.6 Å². The van der Waals surface area contributed by atoms with Crippen LogP contribution < -0.4 is 0 Å². The number of para-hydroxylation sites is 3. The topological polar surface area (TPSA) is 23.0 Å². The average Bonchev–Trinajstić information content (AvgIpc) is 4.46. The van der Waals surface area contributed by atoms with E-state index in [1.807, 2.05) is 6.07 Å². The van der Waals surface area contributed by atoms with Gasteiger partial charge in [0.05, 0.1) is 22.4 Å². The molecule has 3 aromatic heterocycles. The Morgan fingerprint density at radius 1 is 0.312 bits per heavy atom. The molecule has 0 N–H and O–H groups in total. The molecule has 0 fully saturated rings. The van der Waals surface area contributed by atoms with E-state index in [1.165, 1.54) is 138 Å². The predicted molar refractivity (Wildman–Crippen MR) is 323 cm³/mol. The summed E-state index contributed by atoms with van der Waals surface area (Å²) in [5, 5.41) is 12.4. The molecule has 0 saturated heterocycles. The summed E-state index contributed by atoms with van der Waals surface area (Å²) in [4.78, 5) is 0. The van der Waals surface area contributed by atoms with E-state index in [0.717, 1.165) is 27.5 Å². The zero-order chi connectivity index (χ0) is 51.1. The highest BCUT2D eigenvalue weighted by Gasteiger charge is 2.42. The maximum Gasteiger partial charge on any atom is 0.136 e. The molecule has 0 saturated carbocycles. The van der Waals surface area contributed by atoms with Gasteiger partial charge in [-0.15, -0.1) is 0 Å². The van der Waals surface area contributed by atoms with E-state index in [1.54, 1.807) is 0 Å². The van der Waals surface area contributed by atoms with E-state index in [0.29, 0.717) is 0 Å². The Balaban J connectivity index is 0.959. The second kappa shape index (κ2) is 15.1. The van der Waals surface area contributed by atoms with Crippen molar-refractivity contribution in [3.63, 3.8) is 0 Å². The summed E-state index contributed by atoms with van der Waals surface area (Å²) in [5.41, 5.74) is 24.1. The van der Waals surface area contributed by atoms with Crippen LogP contribution in [0.25, 0.3) is 143 Å². The van der Waals surface area contributed by atoms with Crippen LogP contribution in [0.2, 0.25) is 0 Å². The summed E-state index contributed by atoms with van der Waals surface area (Å²) in [6.45, 7) is 9.65. The predicted octanol–water partition coefficient (Wildman–Crippen LogP) is 20.0. The fraction of sp³-hybridized carbons (Fsp3) is 0.0811. The van der Waals surface area contributed by atoms with Gasteiger partial charge in [0.1, 0.15) is 11.2 Å². The van der Waals surface area contributed by atoms with Crippen molar-refractivity contribution in [1.29, 1.82) is 0 Å². The Morgan fingerprint density at radius 2 is 0.766 bits per heavy atom. The first-order valence-corrected chi connectivity index (χ1v) is 27.1. The maximum absolute atomic E-state index is 6.50. The molecule has 362 valence electrons. The third kappa shape index (κ3) is 5.65. The number of fused-ring (bicyclic) bond motifs is 13. The third-order valence-corrected chi connectivity index (χ3v) is 18.0. The molecule has 0 radical (unpaired) electrons. The molecule has 3 heterocycles. The summed E-state index contributed by atoms with van der Waals surface area (Å²) in [6.07, 6.45) is 0. The largest absolute Gasteiger partial charge is 0.456 e. The quantitative estimate of drug-likeness (QED) is 0.158. The van der Waals surface area contributed by atoms with Gasteiger partial charge >= 0.3 is 0 Å². The van der Waals surface area contributed by atoms with Crippen LogP contribution in [-0.4, -0.2) is 9.13 Å². The molecular weight excluding hydrogens is 933 g/mol. The first kappa shape index (κ1) is 42.9. The van der Waals surface area contributed by atoms with Gasteiger partial charge in [0.2, 0.25) is 0 Å². The van der Waals surface area contributed by atoms with Gasteiger partial charge in [-0.3, -0.25) is 0 Å². The number of benzene rings is 12. The van der Waals surface area contributed by atoms with E-state index >= 15 is 0 Å². The molecule has 2 aliphatic carbocycles. The minimum absolute atomic E-state index is 0.211. The number of rotatable bonds is 5. The van der Waals surface area contributed by atoms with E-state index in [9.17, 15) is 0 Å². The monoisotopic (exact) mass is 982 g/mol. The van der Waals surface area contributed by atoms with Crippen LogP contribution in [0.4, 0.5) is 0 Å². The SMILES string of the molecule is CC1(C)c2ccccc2-c2c1c1cc(-c3cc(-c4ccc5c(c4)c4c(n5-c5ccccc5)-c5ccccc5C4(C)C)c4ccc5c(-c6ccc7c(c6)oc6ccccc67)ccc6ccc3c4c65)ccc1n2-c1ccccc1. The number of aromatic nitrogens is 2. The molecule has 0 unspecified atom stereocenters. The Kier molecular flexibility index (Phi) is 8.42. The summed E-state index contributed by atoms with van der Waals surface area (Å²) >= 11 is 0. The van der Waals surface area contributed by atoms with Gasteiger partial charge in [-0.1, -0.05) is 185 Å². The van der Waals surface area contributed by atoms with Crippen molar-refractivity contribution in [3.8, 4) is 67.3 Å². The lowest BCUT2D eigenvalue weighted by Gasteiger charge is -2.22. The highest BCUT2D eigenvalue weighted by molar-refractivity contribution is 6.30. The van der Waals surface area contributed by atoms with Crippen molar-refractivity contribution in [2.45, 2.75) is 38.5 Å². The Bertz CT molecular complexity index is 4820. The summed E-state index contributed by atoms with van der Waals surface area (Å²) in [7, 11) is 0. The lowest BCUT2D eigenvalue weighted by atomic mass is 9.80. The van der Waals surface area contributed by atoms with E-state index in [2.05, 4.69) is 261 Å². The van der Waals surface area contributed by atoms with Crippen molar-refractivity contribution in [1.82, 2.24) is 9.13 Å². The molecule has 17 rings (SSSR count). The van der Waals surface area contributed by atoms with E-state index < -0.39 is 0 Å². The molecular formula is C74H50N2O. The third-order valence-electron chi connectivity index (χ3n) is 18.0. The number of hydrogen-bond donors (Lipinski definition) is 0. The number of hydrogen-bond acceptors (Lipinski definition) is 1. The smallest absolute Gasteiger partial charge is 0.136 e. The number of furan rings is 1. The highest BCUT2D eigenvalue weighted by Crippen LogP contribution is 2.57. The van der Waals surface area contributed by atoms with Crippen LogP contribution in [0, 0.1) is 0 Å². The minimum atomic E-state index is -0.211. The van der Waals surface area contributed by atoms with E-state index in [4.69, 9.17) is 4.42 Å². The van der Waals surface area contributed by atoms with E-state index in [-0.39, 0.29) is 10.8 Å². The van der Waals surface area contributed by atoms with Gasteiger partial charge in [0, 0.05) is 54.9 Å². The fourth-order valence-electron chi connectivity index (χ4n) is 14.6. The Labute approximate surface area is 445 Å². The van der Waals surface area contributed by atoms with Gasteiger partial charge in [-0.05, 0) is 161 Å². The van der Waals surface area contributed by atoms with Crippen LogP contribution in [0.15, 0.2) is 235 Å². The lowest BCUT2D eigenvalue weighted by Crippen LogP contribution is -2.14. The van der Waals surface area contributed by atoms with Crippen LogP contribution in [-0.2, 0) is 10.8 Å². The second-order valence-electron chi connectivity index (χ2n) is 22.7. The minimum Gasteiger partial charge on any atom is -0.456 e. The van der Waals surface area contributed by atoms with Crippen molar-refractivity contribution >= 4 is 76.1 Å². The molecule has 12 aromatic carbocycles. The fourth-order valence-corrected chi connectivity index (χ4v) is 14.6. The van der Waals surface area contributed by atoms with Gasteiger partial charge in [0.25, 0.3) is 0 Å². The van der Waals surface area contributed by atoms with Gasteiger partial charge in [-0.2, -0.15) is 0 Å². The normalized spacial score (nSPS) is 14.2. The second-order valence-corrected chi connectivity index (χ2v) is 22.7. The molecule has 0 atom stereocenters. The first-order chi connectivity index (χ1) is 37.7. The van der Waals surface area contributed by atoms with Gasteiger partial charge in [0.15, 0.2) is 0 Å². The average molecular weight is 983 g/mol. The van der Waals surface area contributed by atoms with Crippen LogP contribution in [0.1, 0.15) is 49.9 Å². The zero-order valence-corrected chi connectivity index (χ0v) is 43.2. The summed E-state index contributed by atoms with van der Waals surface area (Å²) in [5.74, 6) is 0. The first-order valence-electron chi connectivity index (χ1n) is 27.1. The standard InChI is InChI=1S/C74H50N2O/c1-73(2)61-24-14-11-22-55(61)71-69(73)59-39-44(30-37-63(59)75(71)47-17-7-5-8-18-47)57-42-58(45-31-38-64-60(40-45)70-72(76(64)48-19-9-6-10-20-48)56-23-12-15-25-62(56)74(70,3)4)54-36-35-52-49(32-27-43-28-34-53(57)68(54)67(43)52)46-29-33-51-50-21-13-16-26-65(50)77-66(51)41-46/h5-42H,1-4H3. The maximum atomic E-state index is 6.50. The highest BCUT2D eigenvalue weighted by atomic mass is 16.3. The zero-order valence-electron chi connectivity index (χ0n) is 43.2. The molecule has 3 nitrogen and oxygen atoms in total. The van der Waals surface area contributed by atoms with Crippen molar-refractivity contribution in [2.24, 2.45) is 0 Å². The molecule has 0 bridgehead atoms. The van der Waals surface area contributed by atoms with Crippen molar-refractivity contribution in [3.05, 3.63) is 253 Å². The van der Waals surface area contributed by atoms with Crippen molar-refractivity contribution < 1.29 is 4.42 Å². The molecule has 3 heteroatoms. The van der Waals surface area contributed by atoms with Crippen LogP contribution in [0.5, 0.6) is 0 Å². The number of nitrogens with zero attached hydrogens (tertiary/aromatic N) is 2. The molecule has 15 aromatic rings. The lowest BCUT2D eigenvalue weighted by molar-refractivity contribution is 0.666. The molecule has 77 heavy (non-hydrogen) atoms. The molecule has 0 aliphatic heterocycles. The summed E-state index contributed by atoms with van der Waals surface area (Å²) < 4.78 is 11.5. The van der Waals surface area contributed by atoms with Crippen LogP contribution in [0.3, 0.4) is 0 Å². The summed E-state index contributed by atoms with van der Waals surface area (Å²) in [6, 6.07) is 86.3. The van der Waals surface area contributed by atoms with Crippen LogP contribution >= 0.6 is 0 Å².